The zero-order valence-corrected chi connectivity index (χ0v) is 13.1. The number of carboxylic acid groups (broad SMARTS) is 1. The number of nitrogens with one attached hydrogen (secondary N) is 1. The monoisotopic (exact) mass is 337 g/mol. The maximum Gasteiger partial charge on any atom is 0.248 e. The number of nitrogens with zero attached hydrogens (tertiary/aromatic N) is 3. The van der Waals surface area contributed by atoms with Crippen LogP contribution >= 0.6 is 11.8 Å². The Morgan fingerprint density at radius 1 is 1.65 bits per heavy atom. The van der Waals surface area contributed by atoms with E-state index in [1.54, 1.807) is 28.7 Å². The Hall–Kier alpha value is -2.33. The van der Waals surface area contributed by atoms with Crippen molar-refractivity contribution in [3.05, 3.63) is 23.5 Å². The first-order valence-electron chi connectivity index (χ1n) is 6.85. The number of aromatic nitrogens is 2. The van der Waals surface area contributed by atoms with E-state index in [-0.39, 0.29) is 17.6 Å². The van der Waals surface area contributed by atoms with E-state index in [0.29, 0.717) is 23.6 Å². The van der Waals surface area contributed by atoms with Crippen LogP contribution in [0.1, 0.15) is 0 Å². The molecule has 1 aromatic heterocycles. The predicted octanol–water partition coefficient (Wildman–Crippen LogP) is -2.87. The maximum absolute atomic E-state index is 11.9. The molecule has 2 atom stereocenters. The quantitative estimate of drug-likeness (QED) is 0.338. The van der Waals surface area contributed by atoms with Crippen LogP contribution in [0.5, 0.6) is 0 Å². The van der Waals surface area contributed by atoms with Crippen molar-refractivity contribution in [1.82, 2.24) is 9.58 Å². The fourth-order valence-corrected chi connectivity index (χ4v) is 4.03. The molecule has 2 aliphatic heterocycles. The first-order chi connectivity index (χ1) is 11.0. The van der Waals surface area contributed by atoms with Crippen molar-refractivity contribution >= 4 is 35.9 Å². The molecule has 0 bridgehead atoms. The number of thioether (sulfide) groups is 1. The average Bonchev–Trinajstić information content (AvgIpc) is 2.87. The van der Waals surface area contributed by atoms with E-state index in [4.69, 9.17) is 5.73 Å². The highest BCUT2D eigenvalue weighted by molar-refractivity contribution is 8.00. The number of nitrogens with two attached hydrogens (primary N) is 1. The third-order valence-electron chi connectivity index (χ3n) is 3.98. The SMILES string of the molecule is Cn1c(NC=O)cc[n+]1CC1=C(C(=O)[O-])N2C(=O)[C@@H](N)[C@H]2SC1. The van der Waals surface area contributed by atoms with Gasteiger partial charge >= 0.3 is 0 Å². The lowest BCUT2D eigenvalue weighted by Crippen LogP contribution is -2.69. The number of anilines is 1. The molecule has 0 radical (unpaired) electrons. The number of aliphatic carboxylic acids is 1. The number of rotatable bonds is 5. The third-order valence-corrected chi connectivity index (χ3v) is 5.34. The zero-order valence-electron chi connectivity index (χ0n) is 12.3. The summed E-state index contributed by atoms with van der Waals surface area (Å²) in [6.45, 7) is 0.263. The summed E-state index contributed by atoms with van der Waals surface area (Å²) in [6.07, 6.45) is 2.28. The molecule has 23 heavy (non-hydrogen) atoms. The van der Waals surface area contributed by atoms with Crippen molar-refractivity contribution in [2.45, 2.75) is 18.0 Å². The van der Waals surface area contributed by atoms with E-state index >= 15 is 0 Å². The van der Waals surface area contributed by atoms with Gasteiger partial charge in [-0.05, 0) is 0 Å². The smallest absolute Gasteiger partial charge is 0.248 e. The minimum absolute atomic E-state index is 0.0981. The fraction of sp³-hybridized carbons (Fsp3) is 0.385. The van der Waals surface area contributed by atoms with E-state index in [1.165, 1.54) is 16.7 Å². The normalized spacial score (nSPS) is 23.4. The van der Waals surface area contributed by atoms with Crippen molar-refractivity contribution in [2.24, 2.45) is 12.8 Å². The molecule has 3 heterocycles. The molecule has 122 valence electrons. The lowest BCUT2D eigenvalue weighted by molar-refractivity contribution is -0.765. The van der Waals surface area contributed by atoms with Crippen molar-refractivity contribution in [3.8, 4) is 0 Å². The third kappa shape index (κ3) is 2.39. The Morgan fingerprint density at radius 3 is 3.04 bits per heavy atom. The van der Waals surface area contributed by atoms with Gasteiger partial charge in [0.2, 0.25) is 12.3 Å². The van der Waals surface area contributed by atoms with Gasteiger partial charge < -0.3 is 21.0 Å². The first-order valence-corrected chi connectivity index (χ1v) is 7.89. The molecule has 0 unspecified atom stereocenters. The molecule has 10 heteroatoms. The Labute approximate surface area is 135 Å². The van der Waals surface area contributed by atoms with Gasteiger partial charge in [-0.15, -0.1) is 21.1 Å². The van der Waals surface area contributed by atoms with Gasteiger partial charge in [0, 0.05) is 11.3 Å². The van der Waals surface area contributed by atoms with Crippen LogP contribution in [-0.4, -0.2) is 45.0 Å². The van der Waals surface area contributed by atoms with Crippen LogP contribution in [0.3, 0.4) is 0 Å². The number of hydrogen-bond donors (Lipinski definition) is 2. The van der Waals surface area contributed by atoms with Crippen LogP contribution in [0, 0.1) is 0 Å². The number of carbonyl (C=O) groups excluding carboxylic acids is 3. The Bertz CT molecular complexity index is 728. The molecule has 3 rings (SSSR count). The number of hydrogen-bond acceptors (Lipinski definition) is 6. The van der Waals surface area contributed by atoms with E-state index in [0.717, 1.165) is 0 Å². The first kappa shape index (κ1) is 15.6. The van der Waals surface area contributed by atoms with Crippen LogP contribution in [-0.2, 0) is 28.0 Å². The van der Waals surface area contributed by atoms with Gasteiger partial charge in [0.05, 0.1) is 24.8 Å². The number of amides is 2. The number of fused-ring (bicyclic) bond motifs is 1. The van der Waals surface area contributed by atoms with E-state index < -0.39 is 17.9 Å². The highest BCUT2D eigenvalue weighted by atomic mass is 32.2. The van der Waals surface area contributed by atoms with E-state index in [1.807, 2.05) is 0 Å². The summed E-state index contributed by atoms with van der Waals surface area (Å²) >= 11 is 1.43. The summed E-state index contributed by atoms with van der Waals surface area (Å²) < 4.78 is 3.41. The van der Waals surface area contributed by atoms with Gasteiger partial charge in [0.15, 0.2) is 18.6 Å². The van der Waals surface area contributed by atoms with Gasteiger partial charge in [-0.1, -0.05) is 0 Å². The van der Waals surface area contributed by atoms with Crippen molar-refractivity contribution < 1.29 is 24.2 Å². The zero-order chi connectivity index (χ0) is 16.7. The fourth-order valence-electron chi connectivity index (χ4n) is 2.75. The van der Waals surface area contributed by atoms with Gasteiger partial charge in [0.25, 0.3) is 0 Å². The second-order valence-corrected chi connectivity index (χ2v) is 6.36. The summed E-state index contributed by atoms with van der Waals surface area (Å²) in [6, 6.07) is 1.03. The largest absolute Gasteiger partial charge is 0.543 e. The number of carboxylic acids is 1. The molecule has 1 saturated heterocycles. The van der Waals surface area contributed by atoms with Crippen LogP contribution < -0.4 is 20.8 Å². The van der Waals surface area contributed by atoms with E-state index in [2.05, 4.69) is 5.32 Å². The highest BCUT2D eigenvalue weighted by Gasteiger charge is 2.50. The minimum atomic E-state index is -1.38. The van der Waals surface area contributed by atoms with Crippen LogP contribution in [0.2, 0.25) is 0 Å². The van der Waals surface area contributed by atoms with Crippen molar-refractivity contribution in [2.75, 3.05) is 11.1 Å². The molecule has 2 aliphatic rings. The van der Waals surface area contributed by atoms with Crippen molar-refractivity contribution in [3.63, 3.8) is 0 Å². The van der Waals surface area contributed by atoms with Crippen LogP contribution in [0.25, 0.3) is 0 Å². The van der Waals surface area contributed by atoms with Crippen LogP contribution in [0.4, 0.5) is 5.82 Å². The van der Waals surface area contributed by atoms with Crippen molar-refractivity contribution in [1.29, 1.82) is 0 Å². The molecular formula is C13H15N5O4S. The number of β-lactam (4-membered cyclic amide) rings is 1. The molecule has 3 N–H and O–H groups in total. The lowest BCUT2D eigenvalue weighted by Gasteiger charge is -2.49. The minimum Gasteiger partial charge on any atom is -0.543 e. The molecule has 1 fully saturated rings. The topological polar surface area (TPSA) is 124 Å². The van der Waals surface area contributed by atoms with Gasteiger partial charge in [-0.2, -0.15) is 0 Å². The standard InChI is InChI=1S/C13H15N5O4S/c1-16-8(15-6-19)2-3-17(16)4-7-5-23-12-9(14)11(20)18(12)10(7)13(21)22/h2-3,6,9,12H,4-5,14H2,1H3,(H,21,22)/t9-,12-/m1/s1. The molecule has 0 aromatic carbocycles. The second kappa shape index (κ2) is 5.70. The van der Waals surface area contributed by atoms with Gasteiger partial charge in [-0.3, -0.25) is 14.5 Å². The summed E-state index contributed by atoms with van der Waals surface area (Å²) in [5, 5.41) is 13.7. The molecule has 2 amide bonds. The van der Waals surface area contributed by atoms with Gasteiger partial charge in [0.1, 0.15) is 11.4 Å². The van der Waals surface area contributed by atoms with Crippen LogP contribution in [0.15, 0.2) is 23.5 Å². The lowest BCUT2D eigenvalue weighted by atomic mass is 10.0. The summed E-state index contributed by atoms with van der Waals surface area (Å²) in [7, 11) is 1.73. The molecule has 0 spiro atoms. The summed E-state index contributed by atoms with van der Waals surface area (Å²) in [5.41, 5.74) is 6.17. The maximum atomic E-state index is 11.9. The molecule has 9 nitrogen and oxygen atoms in total. The summed E-state index contributed by atoms with van der Waals surface area (Å²) in [5.74, 6) is -0.773. The molecular weight excluding hydrogens is 322 g/mol. The second-order valence-electron chi connectivity index (χ2n) is 5.26. The summed E-state index contributed by atoms with van der Waals surface area (Å²) in [4.78, 5) is 35.1. The highest BCUT2D eigenvalue weighted by Crippen LogP contribution is 2.39. The Balaban J connectivity index is 1.92. The molecule has 1 aromatic rings. The number of carbonyl (C=O) groups is 3. The molecule has 0 saturated carbocycles. The Morgan fingerprint density at radius 2 is 2.39 bits per heavy atom. The average molecular weight is 337 g/mol. The van der Waals surface area contributed by atoms with E-state index in [9.17, 15) is 19.5 Å². The molecule has 0 aliphatic carbocycles. The predicted molar refractivity (Wildman–Crippen MR) is 78.4 cm³/mol. The Kier molecular flexibility index (Phi) is 3.86. The van der Waals surface area contributed by atoms with Gasteiger partial charge in [-0.25, -0.2) is 0 Å².